The van der Waals surface area contributed by atoms with Gasteiger partial charge in [0.15, 0.2) is 0 Å². The highest BCUT2D eigenvalue weighted by Crippen LogP contribution is 2.26. The van der Waals surface area contributed by atoms with Gasteiger partial charge in [0.25, 0.3) is 0 Å². The SMILES string of the molecule is Cn1c([C@@H]2CCCN(S(C)(=O)=O)C2)nn(CC(=O)NCc2ccc(F)cc2)c1=O. The van der Waals surface area contributed by atoms with Crippen LogP contribution in [0, 0.1) is 5.82 Å². The number of piperidine rings is 1. The molecule has 1 saturated heterocycles. The first kappa shape index (κ1) is 21.2. The average Bonchev–Trinajstić information content (AvgIpc) is 2.95. The van der Waals surface area contributed by atoms with Gasteiger partial charge in [-0.1, -0.05) is 12.1 Å². The summed E-state index contributed by atoms with van der Waals surface area (Å²) in [6.45, 7) is 0.672. The summed E-state index contributed by atoms with van der Waals surface area (Å²) in [7, 11) is -1.75. The van der Waals surface area contributed by atoms with Crippen molar-refractivity contribution in [2.24, 2.45) is 7.05 Å². The summed E-state index contributed by atoms with van der Waals surface area (Å²) in [4.78, 5) is 24.7. The zero-order valence-corrected chi connectivity index (χ0v) is 17.2. The lowest BCUT2D eigenvalue weighted by molar-refractivity contribution is -0.122. The van der Waals surface area contributed by atoms with Crippen LogP contribution in [0.4, 0.5) is 4.39 Å². The number of amides is 1. The zero-order chi connectivity index (χ0) is 21.2. The fourth-order valence-electron chi connectivity index (χ4n) is 3.41. The van der Waals surface area contributed by atoms with E-state index in [1.54, 1.807) is 19.2 Å². The Morgan fingerprint density at radius 3 is 2.66 bits per heavy atom. The van der Waals surface area contributed by atoms with E-state index in [1.807, 2.05) is 0 Å². The summed E-state index contributed by atoms with van der Waals surface area (Å²) in [5.41, 5.74) is 0.297. The lowest BCUT2D eigenvalue weighted by Gasteiger charge is -2.30. The molecule has 0 unspecified atom stereocenters. The number of nitrogens with one attached hydrogen (secondary N) is 1. The topological polar surface area (TPSA) is 106 Å². The molecule has 1 aromatic carbocycles. The molecule has 11 heteroatoms. The average molecular weight is 425 g/mol. The van der Waals surface area contributed by atoms with Gasteiger partial charge in [-0.3, -0.25) is 9.36 Å². The van der Waals surface area contributed by atoms with Crippen LogP contribution in [-0.2, 0) is 35.0 Å². The molecule has 2 heterocycles. The van der Waals surface area contributed by atoms with E-state index in [2.05, 4.69) is 10.4 Å². The third-order valence-electron chi connectivity index (χ3n) is 4.99. The molecule has 0 spiro atoms. The second-order valence-electron chi connectivity index (χ2n) is 7.22. The highest BCUT2D eigenvalue weighted by molar-refractivity contribution is 7.88. The van der Waals surface area contributed by atoms with Gasteiger partial charge in [0.1, 0.15) is 18.2 Å². The van der Waals surface area contributed by atoms with E-state index in [0.29, 0.717) is 25.2 Å². The fourth-order valence-corrected chi connectivity index (χ4v) is 4.32. The molecule has 1 atom stereocenters. The molecule has 1 amide bonds. The monoisotopic (exact) mass is 425 g/mol. The summed E-state index contributed by atoms with van der Waals surface area (Å²) < 4.78 is 40.4. The van der Waals surface area contributed by atoms with Crippen molar-refractivity contribution < 1.29 is 17.6 Å². The molecule has 29 heavy (non-hydrogen) atoms. The van der Waals surface area contributed by atoms with E-state index in [9.17, 15) is 22.4 Å². The van der Waals surface area contributed by atoms with Crippen molar-refractivity contribution in [2.45, 2.75) is 31.8 Å². The number of benzene rings is 1. The molecule has 0 saturated carbocycles. The Morgan fingerprint density at radius 2 is 2.00 bits per heavy atom. The Hall–Kier alpha value is -2.53. The minimum absolute atomic E-state index is 0.208. The molecule has 1 aliphatic heterocycles. The molecular weight excluding hydrogens is 401 g/mol. The molecule has 1 fully saturated rings. The second kappa shape index (κ2) is 8.46. The third-order valence-corrected chi connectivity index (χ3v) is 6.26. The molecule has 0 radical (unpaired) electrons. The number of nitrogens with zero attached hydrogens (tertiary/aromatic N) is 4. The van der Waals surface area contributed by atoms with Crippen molar-refractivity contribution >= 4 is 15.9 Å². The van der Waals surface area contributed by atoms with Crippen molar-refractivity contribution in [1.29, 1.82) is 0 Å². The number of carbonyl (C=O) groups excluding carboxylic acids is 1. The van der Waals surface area contributed by atoms with Crippen molar-refractivity contribution in [3.05, 3.63) is 52.0 Å². The molecule has 2 aromatic rings. The predicted molar refractivity (Wildman–Crippen MR) is 104 cm³/mol. The number of rotatable bonds is 6. The highest BCUT2D eigenvalue weighted by Gasteiger charge is 2.30. The summed E-state index contributed by atoms with van der Waals surface area (Å²) >= 11 is 0. The summed E-state index contributed by atoms with van der Waals surface area (Å²) in [6, 6.07) is 5.75. The van der Waals surface area contributed by atoms with Gasteiger partial charge in [-0.25, -0.2) is 26.6 Å². The van der Waals surface area contributed by atoms with Crippen LogP contribution in [-0.4, -0.2) is 52.3 Å². The van der Waals surface area contributed by atoms with E-state index in [1.165, 1.54) is 27.3 Å². The molecule has 1 aromatic heterocycles. The number of halogens is 1. The second-order valence-corrected chi connectivity index (χ2v) is 9.20. The van der Waals surface area contributed by atoms with E-state index < -0.39 is 21.6 Å². The van der Waals surface area contributed by atoms with Crippen LogP contribution in [0.5, 0.6) is 0 Å². The summed E-state index contributed by atoms with van der Waals surface area (Å²) in [5, 5.41) is 6.96. The first-order chi connectivity index (χ1) is 13.6. The number of hydrogen-bond acceptors (Lipinski definition) is 5. The van der Waals surface area contributed by atoms with Crippen molar-refractivity contribution in [2.75, 3.05) is 19.3 Å². The molecule has 158 valence electrons. The van der Waals surface area contributed by atoms with Gasteiger partial charge in [-0.05, 0) is 30.5 Å². The maximum absolute atomic E-state index is 12.9. The number of aromatic nitrogens is 3. The molecule has 3 rings (SSSR count). The third kappa shape index (κ3) is 5.10. The largest absolute Gasteiger partial charge is 0.350 e. The molecule has 0 aliphatic carbocycles. The van der Waals surface area contributed by atoms with Crippen LogP contribution >= 0.6 is 0 Å². The smallest absolute Gasteiger partial charge is 0.346 e. The lowest BCUT2D eigenvalue weighted by atomic mass is 9.99. The predicted octanol–water partition coefficient (Wildman–Crippen LogP) is 0.176. The van der Waals surface area contributed by atoms with E-state index >= 15 is 0 Å². The molecule has 9 nitrogen and oxygen atoms in total. The van der Waals surface area contributed by atoms with Gasteiger partial charge in [0.2, 0.25) is 15.9 Å². The van der Waals surface area contributed by atoms with Crippen LogP contribution in [0.1, 0.15) is 30.1 Å². The minimum atomic E-state index is -3.31. The number of hydrogen-bond donors (Lipinski definition) is 1. The molecular formula is C18H24FN5O4S. The Labute approximate surface area is 168 Å². The van der Waals surface area contributed by atoms with E-state index in [0.717, 1.165) is 10.2 Å². The maximum atomic E-state index is 12.9. The zero-order valence-electron chi connectivity index (χ0n) is 16.3. The fraction of sp³-hybridized carbons (Fsp3) is 0.500. The quantitative estimate of drug-likeness (QED) is 0.711. The number of carbonyl (C=O) groups is 1. The lowest BCUT2D eigenvalue weighted by Crippen LogP contribution is -2.39. The van der Waals surface area contributed by atoms with Gasteiger partial charge < -0.3 is 5.32 Å². The van der Waals surface area contributed by atoms with Gasteiger partial charge in [-0.2, -0.15) is 5.10 Å². The first-order valence-corrected chi connectivity index (χ1v) is 11.1. The normalized spacial score (nSPS) is 18.0. The summed E-state index contributed by atoms with van der Waals surface area (Å²) in [6.07, 6.45) is 2.56. The maximum Gasteiger partial charge on any atom is 0.346 e. The Morgan fingerprint density at radius 1 is 1.31 bits per heavy atom. The van der Waals surface area contributed by atoms with Crippen LogP contribution in [0.25, 0.3) is 0 Å². The molecule has 0 bridgehead atoms. The van der Waals surface area contributed by atoms with Crippen molar-refractivity contribution in [3.8, 4) is 0 Å². The molecule has 1 aliphatic rings. The van der Waals surface area contributed by atoms with Crippen molar-refractivity contribution in [3.63, 3.8) is 0 Å². The molecule has 1 N–H and O–H groups in total. The minimum Gasteiger partial charge on any atom is -0.350 e. The van der Waals surface area contributed by atoms with Crippen LogP contribution in [0.2, 0.25) is 0 Å². The van der Waals surface area contributed by atoms with Gasteiger partial charge in [0, 0.05) is 32.6 Å². The summed E-state index contributed by atoms with van der Waals surface area (Å²) in [5.74, 6) is -0.498. The standard InChI is InChI=1S/C18H24FN5O4S/c1-22-17(14-4-3-9-23(11-14)29(2,27)28)21-24(18(22)26)12-16(25)20-10-13-5-7-15(19)8-6-13/h5-8,14H,3-4,9-12H2,1-2H3,(H,20,25)/t14-/m1/s1. The van der Waals surface area contributed by atoms with Gasteiger partial charge in [0.05, 0.1) is 6.26 Å². The van der Waals surface area contributed by atoms with Gasteiger partial charge >= 0.3 is 5.69 Å². The Kier molecular flexibility index (Phi) is 6.18. The van der Waals surface area contributed by atoms with Crippen LogP contribution in [0.15, 0.2) is 29.1 Å². The van der Waals surface area contributed by atoms with Crippen LogP contribution in [0.3, 0.4) is 0 Å². The van der Waals surface area contributed by atoms with Crippen LogP contribution < -0.4 is 11.0 Å². The van der Waals surface area contributed by atoms with Gasteiger partial charge in [-0.15, -0.1) is 0 Å². The van der Waals surface area contributed by atoms with Crippen molar-refractivity contribution in [1.82, 2.24) is 24.0 Å². The number of sulfonamides is 1. The highest BCUT2D eigenvalue weighted by atomic mass is 32.2. The Balaban J connectivity index is 1.67. The first-order valence-electron chi connectivity index (χ1n) is 9.25. The Bertz CT molecular complexity index is 1050. The van der Waals surface area contributed by atoms with E-state index in [-0.39, 0.29) is 31.4 Å². The van der Waals surface area contributed by atoms with E-state index in [4.69, 9.17) is 0 Å².